The van der Waals surface area contributed by atoms with Gasteiger partial charge in [-0.2, -0.15) is 0 Å². The van der Waals surface area contributed by atoms with Crippen LogP contribution in [0.4, 0.5) is 0 Å². The second-order valence-electron chi connectivity index (χ2n) is 5.34. The number of halogens is 1. The van der Waals surface area contributed by atoms with Gasteiger partial charge < -0.3 is 10.2 Å². The molecule has 0 spiro atoms. The number of benzene rings is 1. The summed E-state index contributed by atoms with van der Waals surface area (Å²) in [7, 11) is 0. The van der Waals surface area contributed by atoms with Crippen molar-refractivity contribution in [1.29, 1.82) is 0 Å². The second kappa shape index (κ2) is 7.64. The number of phenols is 1. The fourth-order valence-electron chi connectivity index (χ4n) is 2.41. The van der Waals surface area contributed by atoms with Crippen molar-refractivity contribution in [3.05, 3.63) is 28.2 Å². The lowest BCUT2D eigenvalue weighted by atomic mass is 10.00. The molecule has 0 aliphatic rings. The molecule has 0 saturated carbocycles. The molecule has 0 radical (unpaired) electrons. The van der Waals surface area contributed by atoms with Gasteiger partial charge in [0.25, 0.3) is 0 Å². The molecule has 5 heteroatoms. The van der Waals surface area contributed by atoms with Gasteiger partial charge in [0, 0.05) is 22.6 Å². The lowest BCUT2D eigenvalue weighted by molar-refractivity contribution is -0.139. The third-order valence-corrected chi connectivity index (χ3v) is 3.61. The summed E-state index contributed by atoms with van der Waals surface area (Å²) in [5.74, 6) is -0.282. The van der Waals surface area contributed by atoms with Gasteiger partial charge in [0.1, 0.15) is 5.75 Å². The number of rotatable bonds is 7. The van der Waals surface area contributed by atoms with Crippen LogP contribution in [0.5, 0.6) is 5.75 Å². The zero-order chi connectivity index (χ0) is 15.3. The molecular weight excluding hydrogens is 322 g/mol. The van der Waals surface area contributed by atoms with Gasteiger partial charge in [0.15, 0.2) is 0 Å². The SMILES string of the molecule is CCC(c1cc(Br)ccc1O)N(CC(=O)O)CC(C)C. The Bertz CT molecular complexity index is 462. The van der Waals surface area contributed by atoms with Crippen LogP contribution in [-0.2, 0) is 4.79 Å². The molecule has 0 aliphatic carbocycles. The van der Waals surface area contributed by atoms with E-state index in [2.05, 4.69) is 29.8 Å². The highest BCUT2D eigenvalue weighted by molar-refractivity contribution is 9.10. The van der Waals surface area contributed by atoms with Crippen molar-refractivity contribution in [2.24, 2.45) is 5.92 Å². The maximum absolute atomic E-state index is 11.1. The smallest absolute Gasteiger partial charge is 0.317 e. The van der Waals surface area contributed by atoms with Gasteiger partial charge in [-0.1, -0.05) is 36.7 Å². The standard InChI is InChI=1S/C15H22BrNO3/c1-4-13(12-7-11(16)5-6-14(12)18)17(8-10(2)3)9-15(19)20/h5-7,10,13,18H,4,8-9H2,1-3H3,(H,19,20). The van der Waals surface area contributed by atoms with E-state index < -0.39 is 5.97 Å². The molecule has 1 unspecified atom stereocenters. The number of aliphatic carboxylic acids is 1. The Labute approximate surface area is 128 Å². The number of carboxylic acids is 1. The van der Waals surface area contributed by atoms with Crippen LogP contribution in [0.1, 0.15) is 38.8 Å². The summed E-state index contributed by atoms with van der Waals surface area (Å²) in [4.78, 5) is 13.0. The number of aromatic hydroxyl groups is 1. The van der Waals surface area contributed by atoms with Gasteiger partial charge in [0.05, 0.1) is 6.54 Å². The van der Waals surface area contributed by atoms with E-state index in [1.165, 1.54) is 0 Å². The molecular formula is C15H22BrNO3. The maximum Gasteiger partial charge on any atom is 0.317 e. The van der Waals surface area contributed by atoms with Crippen molar-refractivity contribution in [2.75, 3.05) is 13.1 Å². The Kier molecular flexibility index (Phi) is 6.49. The van der Waals surface area contributed by atoms with E-state index >= 15 is 0 Å². The van der Waals surface area contributed by atoms with Crippen LogP contribution >= 0.6 is 15.9 Å². The molecule has 0 heterocycles. The molecule has 4 nitrogen and oxygen atoms in total. The van der Waals surface area contributed by atoms with Crippen LogP contribution < -0.4 is 0 Å². The number of hydrogen-bond acceptors (Lipinski definition) is 3. The number of phenolic OH excluding ortho intramolecular Hbond substituents is 1. The predicted octanol–water partition coefficient (Wildman–Crippen LogP) is 3.65. The maximum atomic E-state index is 11.1. The quantitative estimate of drug-likeness (QED) is 0.793. The topological polar surface area (TPSA) is 60.8 Å². The van der Waals surface area contributed by atoms with E-state index in [1.54, 1.807) is 12.1 Å². The summed E-state index contributed by atoms with van der Waals surface area (Å²) in [6.07, 6.45) is 0.740. The second-order valence-corrected chi connectivity index (χ2v) is 6.26. The Morgan fingerprint density at radius 3 is 2.55 bits per heavy atom. The van der Waals surface area contributed by atoms with Crippen LogP contribution in [0, 0.1) is 5.92 Å². The molecule has 0 amide bonds. The Morgan fingerprint density at radius 1 is 1.40 bits per heavy atom. The van der Waals surface area contributed by atoms with Crippen LogP contribution in [0.3, 0.4) is 0 Å². The van der Waals surface area contributed by atoms with Gasteiger partial charge in [0.2, 0.25) is 0 Å². The monoisotopic (exact) mass is 343 g/mol. The highest BCUT2D eigenvalue weighted by atomic mass is 79.9. The van der Waals surface area contributed by atoms with Gasteiger partial charge in [-0.15, -0.1) is 0 Å². The highest BCUT2D eigenvalue weighted by Crippen LogP contribution is 2.33. The normalized spacial score (nSPS) is 12.9. The van der Waals surface area contributed by atoms with Gasteiger partial charge in [-0.05, 0) is 30.5 Å². The van der Waals surface area contributed by atoms with Crippen molar-refractivity contribution in [3.63, 3.8) is 0 Å². The third kappa shape index (κ3) is 4.80. The Morgan fingerprint density at radius 2 is 2.05 bits per heavy atom. The van der Waals surface area contributed by atoms with Crippen LogP contribution in [-0.4, -0.2) is 34.2 Å². The zero-order valence-corrected chi connectivity index (χ0v) is 13.7. The van der Waals surface area contributed by atoms with Crippen LogP contribution in [0.25, 0.3) is 0 Å². The minimum atomic E-state index is -0.849. The number of carbonyl (C=O) groups is 1. The molecule has 2 N–H and O–H groups in total. The van der Waals surface area contributed by atoms with E-state index in [0.717, 1.165) is 16.5 Å². The summed E-state index contributed by atoms with van der Waals surface area (Å²) in [5.41, 5.74) is 0.767. The van der Waals surface area contributed by atoms with Gasteiger partial charge in [-0.3, -0.25) is 9.69 Å². The molecule has 1 rings (SSSR count). The molecule has 0 fully saturated rings. The average molecular weight is 344 g/mol. The first-order valence-electron chi connectivity index (χ1n) is 6.79. The molecule has 1 aromatic rings. The third-order valence-electron chi connectivity index (χ3n) is 3.11. The fraction of sp³-hybridized carbons (Fsp3) is 0.533. The minimum absolute atomic E-state index is 0.0252. The number of nitrogens with zero attached hydrogens (tertiary/aromatic N) is 1. The summed E-state index contributed by atoms with van der Waals surface area (Å²) in [6, 6.07) is 5.16. The highest BCUT2D eigenvalue weighted by Gasteiger charge is 2.24. The Hall–Kier alpha value is -1.07. The van der Waals surface area contributed by atoms with Crippen molar-refractivity contribution in [1.82, 2.24) is 4.90 Å². The number of carboxylic acid groups (broad SMARTS) is 1. The van der Waals surface area contributed by atoms with Crippen molar-refractivity contribution >= 4 is 21.9 Å². The van der Waals surface area contributed by atoms with Crippen LogP contribution in [0.2, 0.25) is 0 Å². The van der Waals surface area contributed by atoms with E-state index in [4.69, 9.17) is 5.11 Å². The van der Waals surface area contributed by atoms with Crippen molar-refractivity contribution in [2.45, 2.75) is 33.2 Å². The lowest BCUT2D eigenvalue weighted by Gasteiger charge is -2.32. The summed E-state index contributed by atoms with van der Waals surface area (Å²) < 4.78 is 0.878. The van der Waals surface area contributed by atoms with E-state index in [-0.39, 0.29) is 18.3 Å². The summed E-state index contributed by atoms with van der Waals surface area (Å²) in [6.45, 7) is 6.77. The first-order valence-corrected chi connectivity index (χ1v) is 7.58. The zero-order valence-electron chi connectivity index (χ0n) is 12.1. The van der Waals surface area contributed by atoms with E-state index in [0.29, 0.717) is 12.5 Å². The van der Waals surface area contributed by atoms with Crippen LogP contribution in [0.15, 0.2) is 22.7 Å². The lowest BCUT2D eigenvalue weighted by Crippen LogP contribution is -2.36. The summed E-state index contributed by atoms with van der Waals surface area (Å²) in [5, 5.41) is 19.2. The predicted molar refractivity (Wildman–Crippen MR) is 82.9 cm³/mol. The van der Waals surface area contributed by atoms with E-state index in [9.17, 15) is 9.90 Å². The molecule has 20 heavy (non-hydrogen) atoms. The largest absolute Gasteiger partial charge is 0.508 e. The Balaban J connectivity index is 3.10. The number of hydrogen-bond donors (Lipinski definition) is 2. The minimum Gasteiger partial charge on any atom is -0.508 e. The molecule has 0 saturated heterocycles. The fourth-order valence-corrected chi connectivity index (χ4v) is 2.79. The average Bonchev–Trinajstić information content (AvgIpc) is 2.32. The first-order chi connectivity index (χ1) is 9.35. The van der Waals surface area contributed by atoms with Gasteiger partial charge in [-0.25, -0.2) is 0 Å². The van der Waals surface area contributed by atoms with Crippen molar-refractivity contribution < 1.29 is 15.0 Å². The van der Waals surface area contributed by atoms with E-state index in [1.807, 2.05) is 17.9 Å². The summed E-state index contributed by atoms with van der Waals surface area (Å²) >= 11 is 3.40. The first kappa shape index (κ1) is 17.0. The molecule has 1 atom stereocenters. The molecule has 112 valence electrons. The molecule has 0 bridgehead atoms. The van der Waals surface area contributed by atoms with Gasteiger partial charge >= 0.3 is 5.97 Å². The molecule has 1 aromatic carbocycles. The molecule has 0 aliphatic heterocycles. The molecule has 0 aromatic heterocycles. The van der Waals surface area contributed by atoms with Crippen molar-refractivity contribution in [3.8, 4) is 5.75 Å².